The fraction of sp³-hybridized carbons (Fsp3) is 0.250. The number of aryl methyl sites for hydroxylation is 1. The van der Waals surface area contributed by atoms with Gasteiger partial charge in [0, 0.05) is 32.0 Å². The van der Waals surface area contributed by atoms with Crippen LogP contribution in [0.1, 0.15) is 27.2 Å². The van der Waals surface area contributed by atoms with Crippen molar-refractivity contribution in [3.63, 3.8) is 0 Å². The van der Waals surface area contributed by atoms with Gasteiger partial charge in [-0.2, -0.15) is 0 Å². The van der Waals surface area contributed by atoms with Gasteiger partial charge in [0.15, 0.2) is 0 Å². The number of amides is 1. The molecule has 0 saturated carbocycles. The predicted octanol–water partition coefficient (Wildman–Crippen LogP) is 2.12. The van der Waals surface area contributed by atoms with E-state index in [0.29, 0.717) is 18.7 Å². The van der Waals surface area contributed by atoms with Crippen LogP contribution >= 0.6 is 0 Å². The van der Waals surface area contributed by atoms with Crippen LogP contribution in [0.3, 0.4) is 0 Å². The zero-order chi connectivity index (χ0) is 14.5. The van der Waals surface area contributed by atoms with E-state index in [-0.39, 0.29) is 5.91 Å². The van der Waals surface area contributed by atoms with E-state index in [1.165, 1.54) is 0 Å². The summed E-state index contributed by atoms with van der Waals surface area (Å²) in [4.78, 5) is 18.2. The molecule has 0 aliphatic heterocycles. The lowest BCUT2D eigenvalue weighted by atomic mass is 10.1. The van der Waals surface area contributed by atoms with Crippen LogP contribution in [-0.4, -0.2) is 22.8 Å². The molecule has 4 heteroatoms. The molecule has 2 rings (SSSR count). The summed E-state index contributed by atoms with van der Waals surface area (Å²) in [5, 5.41) is 0. The zero-order valence-electron chi connectivity index (χ0n) is 11.8. The number of hydrogen-bond acceptors (Lipinski definition) is 3. The molecule has 0 unspecified atom stereocenters. The van der Waals surface area contributed by atoms with Gasteiger partial charge in [-0.05, 0) is 30.2 Å². The normalized spacial score (nSPS) is 10.3. The van der Waals surface area contributed by atoms with Gasteiger partial charge in [-0.15, -0.1) is 0 Å². The van der Waals surface area contributed by atoms with Crippen LogP contribution in [0, 0.1) is 6.92 Å². The molecule has 1 aromatic carbocycles. The quantitative estimate of drug-likeness (QED) is 0.925. The number of benzene rings is 1. The van der Waals surface area contributed by atoms with Crippen molar-refractivity contribution in [3.05, 3.63) is 65.0 Å². The van der Waals surface area contributed by atoms with Crippen LogP contribution in [0.5, 0.6) is 0 Å². The molecule has 4 nitrogen and oxygen atoms in total. The summed E-state index contributed by atoms with van der Waals surface area (Å²) < 4.78 is 0. The van der Waals surface area contributed by atoms with Gasteiger partial charge in [-0.25, -0.2) is 0 Å². The topological polar surface area (TPSA) is 59.2 Å². The van der Waals surface area contributed by atoms with Gasteiger partial charge in [-0.1, -0.05) is 24.3 Å². The number of nitrogens with two attached hydrogens (primary N) is 1. The summed E-state index contributed by atoms with van der Waals surface area (Å²) in [6.45, 7) is 2.94. The highest BCUT2D eigenvalue weighted by Crippen LogP contribution is 2.11. The Morgan fingerprint density at radius 2 is 1.85 bits per heavy atom. The van der Waals surface area contributed by atoms with Gasteiger partial charge in [0.05, 0.1) is 5.56 Å². The van der Waals surface area contributed by atoms with Gasteiger partial charge < -0.3 is 10.6 Å². The summed E-state index contributed by atoms with van der Waals surface area (Å²) >= 11 is 0. The molecule has 0 aliphatic carbocycles. The number of carbonyl (C=O) groups is 1. The average molecular weight is 269 g/mol. The van der Waals surface area contributed by atoms with Crippen molar-refractivity contribution in [2.45, 2.75) is 20.0 Å². The first-order valence-corrected chi connectivity index (χ1v) is 6.57. The molecule has 0 radical (unpaired) electrons. The first-order valence-electron chi connectivity index (χ1n) is 6.57. The molecule has 1 heterocycles. The second-order valence-electron chi connectivity index (χ2n) is 4.82. The van der Waals surface area contributed by atoms with Crippen LogP contribution in [0.4, 0.5) is 0 Å². The van der Waals surface area contributed by atoms with Crippen LogP contribution in [0.15, 0.2) is 42.6 Å². The molecule has 0 aliphatic rings. The summed E-state index contributed by atoms with van der Waals surface area (Å²) in [7, 11) is 1.80. The van der Waals surface area contributed by atoms with Crippen molar-refractivity contribution in [2.75, 3.05) is 7.05 Å². The summed E-state index contributed by atoms with van der Waals surface area (Å²) in [6, 6.07) is 11.6. The summed E-state index contributed by atoms with van der Waals surface area (Å²) in [5.74, 6) is -0.0153. The molecular formula is C16H19N3O. The first kappa shape index (κ1) is 14.2. The fourth-order valence-electron chi connectivity index (χ4n) is 2.04. The van der Waals surface area contributed by atoms with Gasteiger partial charge in [0.2, 0.25) is 0 Å². The standard InChI is InChI=1S/C16H19N3O/c1-12-15(4-3-9-18-12)16(20)19(2)11-14-7-5-13(10-17)6-8-14/h3-9H,10-11,17H2,1-2H3. The lowest BCUT2D eigenvalue weighted by molar-refractivity contribution is 0.0784. The van der Waals surface area contributed by atoms with Crippen LogP contribution in [0.25, 0.3) is 0 Å². The highest BCUT2D eigenvalue weighted by Gasteiger charge is 2.14. The SMILES string of the molecule is Cc1ncccc1C(=O)N(C)Cc1ccc(CN)cc1. The number of carbonyl (C=O) groups excluding carboxylic acids is 1. The molecule has 0 atom stereocenters. The Morgan fingerprint density at radius 1 is 1.20 bits per heavy atom. The van der Waals surface area contributed by atoms with Crippen LogP contribution in [-0.2, 0) is 13.1 Å². The Bertz CT molecular complexity index is 593. The monoisotopic (exact) mass is 269 g/mol. The van der Waals surface area contributed by atoms with Crippen LogP contribution in [0.2, 0.25) is 0 Å². The maximum atomic E-state index is 12.4. The van der Waals surface area contributed by atoms with Crippen molar-refractivity contribution in [3.8, 4) is 0 Å². The smallest absolute Gasteiger partial charge is 0.255 e. The minimum atomic E-state index is -0.0153. The van der Waals surface area contributed by atoms with Crippen LogP contribution < -0.4 is 5.73 Å². The molecule has 0 fully saturated rings. The molecule has 1 amide bonds. The van der Waals surface area contributed by atoms with Crippen molar-refractivity contribution in [1.82, 2.24) is 9.88 Å². The molecule has 2 aromatic rings. The number of nitrogens with zero attached hydrogens (tertiary/aromatic N) is 2. The van der Waals surface area contributed by atoms with E-state index in [2.05, 4.69) is 4.98 Å². The van der Waals surface area contributed by atoms with Crippen molar-refractivity contribution < 1.29 is 4.79 Å². The van der Waals surface area contributed by atoms with Gasteiger partial charge >= 0.3 is 0 Å². The Labute approximate surface area is 119 Å². The molecule has 20 heavy (non-hydrogen) atoms. The summed E-state index contributed by atoms with van der Waals surface area (Å²) in [5.41, 5.74) is 9.14. The Morgan fingerprint density at radius 3 is 2.45 bits per heavy atom. The first-order chi connectivity index (χ1) is 9.61. The third-order valence-corrected chi connectivity index (χ3v) is 3.26. The van der Waals surface area contributed by atoms with E-state index >= 15 is 0 Å². The van der Waals surface area contributed by atoms with Gasteiger partial charge in [0.25, 0.3) is 5.91 Å². The molecule has 0 saturated heterocycles. The molecule has 0 spiro atoms. The van der Waals surface area contributed by atoms with E-state index in [1.54, 1.807) is 30.3 Å². The Hall–Kier alpha value is -2.20. The molecule has 2 N–H and O–H groups in total. The van der Waals surface area contributed by atoms with E-state index in [4.69, 9.17) is 5.73 Å². The number of aromatic nitrogens is 1. The van der Waals surface area contributed by atoms with Gasteiger partial charge in [-0.3, -0.25) is 9.78 Å². The van der Waals surface area contributed by atoms with Crippen molar-refractivity contribution in [2.24, 2.45) is 5.73 Å². The molecule has 1 aromatic heterocycles. The average Bonchev–Trinajstić information content (AvgIpc) is 2.48. The maximum absolute atomic E-state index is 12.4. The largest absolute Gasteiger partial charge is 0.337 e. The lowest BCUT2D eigenvalue weighted by Crippen LogP contribution is -2.27. The highest BCUT2D eigenvalue weighted by molar-refractivity contribution is 5.94. The Balaban J connectivity index is 2.09. The third kappa shape index (κ3) is 3.22. The predicted molar refractivity (Wildman–Crippen MR) is 79.1 cm³/mol. The highest BCUT2D eigenvalue weighted by atomic mass is 16.2. The second-order valence-corrected chi connectivity index (χ2v) is 4.82. The number of pyridine rings is 1. The molecular weight excluding hydrogens is 250 g/mol. The molecule has 0 bridgehead atoms. The van der Waals surface area contributed by atoms with E-state index in [0.717, 1.165) is 16.8 Å². The van der Waals surface area contributed by atoms with E-state index in [1.807, 2.05) is 31.2 Å². The molecule has 104 valence electrons. The second kappa shape index (κ2) is 6.30. The lowest BCUT2D eigenvalue weighted by Gasteiger charge is -2.18. The number of hydrogen-bond donors (Lipinski definition) is 1. The van der Waals surface area contributed by atoms with Crippen molar-refractivity contribution >= 4 is 5.91 Å². The maximum Gasteiger partial charge on any atom is 0.255 e. The van der Waals surface area contributed by atoms with Gasteiger partial charge in [0.1, 0.15) is 0 Å². The van der Waals surface area contributed by atoms with Crippen molar-refractivity contribution in [1.29, 1.82) is 0 Å². The van der Waals surface area contributed by atoms with E-state index < -0.39 is 0 Å². The fourth-order valence-corrected chi connectivity index (χ4v) is 2.04. The van der Waals surface area contributed by atoms with E-state index in [9.17, 15) is 4.79 Å². The number of rotatable bonds is 4. The third-order valence-electron chi connectivity index (χ3n) is 3.26. The zero-order valence-corrected chi connectivity index (χ0v) is 11.8. The minimum absolute atomic E-state index is 0.0153. The minimum Gasteiger partial charge on any atom is -0.337 e. The Kier molecular flexibility index (Phi) is 4.48. The summed E-state index contributed by atoms with van der Waals surface area (Å²) in [6.07, 6.45) is 1.69.